The van der Waals surface area contributed by atoms with Gasteiger partial charge in [0.2, 0.25) is 0 Å². The Morgan fingerprint density at radius 1 is 0.566 bits per heavy atom. The molecule has 304 valence electrons. The van der Waals surface area contributed by atoms with Gasteiger partial charge in [-0.2, -0.15) is 0 Å². The summed E-state index contributed by atoms with van der Waals surface area (Å²) in [6, 6.07) is 0. The molecule has 0 aliphatic carbocycles. The van der Waals surface area contributed by atoms with Gasteiger partial charge in [0.15, 0.2) is 6.10 Å². The maximum Gasteiger partial charge on any atom is 0.472 e. The van der Waals surface area contributed by atoms with Crippen LogP contribution in [0, 0.1) is 0 Å². The molecule has 53 heavy (non-hydrogen) atoms. The van der Waals surface area contributed by atoms with Crippen LogP contribution in [0.15, 0.2) is 72.9 Å². The van der Waals surface area contributed by atoms with Crippen molar-refractivity contribution >= 4 is 19.8 Å². The van der Waals surface area contributed by atoms with E-state index in [0.717, 1.165) is 70.6 Å². The van der Waals surface area contributed by atoms with Gasteiger partial charge in [0.1, 0.15) is 6.61 Å². The van der Waals surface area contributed by atoms with Crippen LogP contribution in [0.1, 0.15) is 155 Å². The summed E-state index contributed by atoms with van der Waals surface area (Å²) in [7, 11) is -4.39. The van der Waals surface area contributed by atoms with Crippen LogP contribution < -0.4 is 5.73 Å². The Kier molecular flexibility index (Phi) is 37.3. The van der Waals surface area contributed by atoms with E-state index in [4.69, 9.17) is 24.3 Å². The summed E-state index contributed by atoms with van der Waals surface area (Å²) in [4.78, 5) is 34.8. The predicted octanol–water partition coefficient (Wildman–Crippen LogP) is 11.5. The van der Waals surface area contributed by atoms with Crippen molar-refractivity contribution in [3.63, 3.8) is 0 Å². The standard InChI is InChI=1S/C43H74NO8P/c1-3-5-7-9-11-13-15-17-19-20-22-23-25-27-29-31-33-35-42(45)49-39-41(40-51-53(47,48)50-38-37-44)52-43(46)36-34-32-30-28-26-24-21-18-16-14-12-10-8-6-4-2/h11-14,17-19,21-23,26,28,41H,3-10,15-16,20,24-25,27,29-40,44H2,1-2H3,(H,47,48)/b13-11+,14-12+,19-17+,21-18+,23-22+,28-26+/t41-/m1/s1. The molecule has 0 aliphatic heterocycles. The van der Waals surface area contributed by atoms with E-state index < -0.39 is 32.5 Å². The molecule has 0 aromatic rings. The number of allylic oxidation sites excluding steroid dienone is 12. The number of esters is 2. The third-order valence-corrected chi connectivity index (χ3v) is 9.05. The average Bonchev–Trinajstić information content (AvgIpc) is 3.14. The summed E-state index contributed by atoms with van der Waals surface area (Å²) >= 11 is 0. The number of phosphoric ester groups is 1. The van der Waals surface area contributed by atoms with Crippen molar-refractivity contribution in [2.45, 2.75) is 161 Å². The lowest BCUT2D eigenvalue weighted by atomic mass is 10.1. The second kappa shape index (κ2) is 39.2. The summed E-state index contributed by atoms with van der Waals surface area (Å²) in [6.07, 6.45) is 46.4. The first-order valence-corrected chi connectivity index (χ1v) is 21.9. The van der Waals surface area contributed by atoms with Gasteiger partial charge in [-0.1, -0.05) is 125 Å². The van der Waals surface area contributed by atoms with Gasteiger partial charge >= 0.3 is 19.8 Å². The van der Waals surface area contributed by atoms with Gasteiger partial charge in [-0.15, -0.1) is 0 Å². The highest BCUT2D eigenvalue weighted by Gasteiger charge is 2.25. The van der Waals surface area contributed by atoms with Crippen molar-refractivity contribution in [3.05, 3.63) is 72.9 Å². The summed E-state index contributed by atoms with van der Waals surface area (Å²) in [5.74, 6) is -0.907. The van der Waals surface area contributed by atoms with E-state index in [1.54, 1.807) is 0 Å². The maximum atomic E-state index is 12.5. The number of hydrogen-bond donors (Lipinski definition) is 2. The van der Waals surface area contributed by atoms with E-state index >= 15 is 0 Å². The molecule has 0 aliphatic rings. The van der Waals surface area contributed by atoms with Crippen molar-refractivity contribution < 1.29 is 37.6 Å². The van der Waals surface area contributed by atoms with E-state index in [-0.39, 0.29) is 32.6 Å². The second-order valence-electron chi connectivity index (χ2n) is 13.1. The number of ether oxygens (including phenoxy) is 2. The normalized spacial score (nSPS) is 14.1. The molecule has 0 fully saturated rings. The van der Waals surface area contributed by atoms with Crippen LogP contribution in [-0.4, -0.2) is 49.3 Å². The number of unbranched alkanes of at least 4 members (excludes halogenated alkanes) is 12. The molecule has 0 bridgehead atoms. The minimum Gasteiger partial charge on any atom is -0.462 e. The molecule has 0 amide bonds. The molecule has 2 atom stereocenters. The van der Waals surface area contributed by atoms with Crippen LogP contribution >= 0.6 is 7.82 Å². The number of hydrogen-bond acceptors (Lipinski definition) is 8. The van der Waals surface area contributed by atoms with Gasteiger partial charge in [0.25, 0.3) is 0 Å². The lowest BCUT2D eigenvalue weighted by Gasteiger charge is -2.19. The second-order valence-corrected chi connectivity index (χ2v) is 14.6. The first-order valence-electron chi connectivity index (χ1n) is 20.4. The molecule has 0 rings (SSSR count). The van der Waals surface area contributed by atoms with E-state index in [0.29, 0.717) is 12.8 Å². The number of carbonyl (C=O) groups is 2. The van der Waals surface area contributed by atoms with Crippen LogP contribution in [0.25, 0.3) is 0 Å². The molecule has 0 heterocycles. The highest BCUT2D eigenvalue weighted by Crippen LogP contribution is 2.43. The first kappa shape index (κ1) is 50.5. The smallest absolute Gasteiger partial charge is 0.462 e. The summed E-state index contributed by atoms with van der Waals surface area (Å²) in [6.45, 7) is 3.58. The monoisotopic (exact) mass is 764 g/mol. The van der Waals surface area contributed by atoms with Crippen LogP contribution in [0.4, 0.5) is 0 Å². The highest BCUT2D eigenvalue weighted by atomic mass is 31.2. The number of phosphoric acid groups is 1. The Labute approximate surface area is 322 Å². The van der Waals surface area contributed by atoms with Crippen molar-refractivity contribution in [1.82, 2.24) is 0 Å². The van der Waals surface area contributed by atoms with Gasteiger partial charge < -0.3 is 20.1 Å². The quantitative estimate of drug-likeness (QED) is 0.0274. The molecule has 0 saturated carbocycles. The maximum absolute atomic E-state index is 12.5. The fourth-order valence-corrected chi connectivity index (χ4v) is 5.76. The minimum absolute atomic E-state index is 0.0402. The van der Waals surface area contributed by atoms with E-state index in [1.165, 1.54) is 44.9 Å². The molecule has 0 spiro atoms. The van der Waals surface area contributed by atoms with E-state index in [1.807, 2.05) is 0 Å². The minimum atomic E-state index is -4.39. The molecule has 0 aromatic carbocycles. The Hall–Kier alpha value is -2.55. The Morgan fingerprint density at radius 2 is 0.981 bits per heavy atom. The lowest BCUT2D eigenvalue weighted by Crippen LogP contribution is -2.29. The van der Waals surface area contributed by atoms with E-state index in [2.05, 4.69) is 86.8 Å². The number of rotatable bonds is 37. The Morgan fingerprint density at radius 3 is 1.47 bits per heavy atom. The zero-order valence-electron chi connectivity index (χ0n) is 33.2. The molecule has 0 aromatic heterocycles. The number of nitrogens with two attached hydrogens (primary N) is 1. The molecule has 0 saturated heterocycles. The topological polar surface area (TPSA) is 134 Å². The van der Waals surface area contributed by atoms with Crippen molar-refractivity contribution in [2.75, 3.05) is 26.4 Å². The molecular formula is C43H74NO8P. The SMILES string of the molecule is CCCCC/C=C/C/C=C/C/C=C/CCCCCCC(=O)OC[C@H](COP(=O)(O)OCCN)OC(=O)CCCC/C=C/C/C=C/C/C=C/CCCCC. The largest absolute Gasteiger partial charge is 0.472 e. The van der Waals surface area contributed by atoms with Gasteiger partial charge in [-0.3, -0.25) is 18.6 Å². The summed E-state index contributed by atoms with van der Waals surface area (Å²) < 4.78 is 32.6. The van der Waals surface area contributed by atoms with Gasteiger partial charge in [-0.05, 0) is 89.9 Å². The fourth-order valence-electron chi connectivity index (χ4n) is 5.00. The first-order chi connectivity index (χ1) is 25.8. The van der Waals surface area contributed by atoms with Gasteiger partial charge in [-0.25, -0.2) is 4.57 Å². The summed E-state index contributed by atoms with van der Waals surface area (Å²) in [5, 5.41) is 0. The van der Waals surface area contributed by atoms with Crippen molar-refractivity contribution in [2.24, 2.45) is 5.73 Å². The van der Waals surface area contributed by atoms with Gasteiger partial charge in [0, 0.05) is 19.4 Å². The predicted molar refractivity (Wildman–Crippen MR) is 219 cm³/mol. The molecular weight excluding hydrogens is 689 g/mol. The fraction of sp³-hybridized carbons (Fsp3) is 0.674. The molecule has 10 heteroatoms. The van der Waals surface area contributed by atoms with Crippen LogP contribution in [0.2, 0.25) is 0 Å². The van der Waals surface area contributed by atoms with Crippen LogP contribution in [0.5, 0.6) is 0 Å². The van der Waals surface area contributed by atoms with Crippen molar-refractivity contribution in [3.8, 4) is 0 Å². The Bertz CT molecular complexity index is 1100. The third-order valence-electron chi connectivity index (χ3n) is 8.06. The lowest BCUT2D eigenvalue weighted by molar-refractivity contribution is -0.161. The van der Waals surface area contributed by atoms with Gasteiger partial charge in [0.05, 0.1) is 13.2 Å². The molecule has 1 unspecified atom stereocenters. The average molecular weight is 764 g/mol. The molecule has 9 nitrogen and oxygen atoms in total. The zero-order valence-corrected chi connectivity index (χ0v) is 34.1. The highest BCUT2D eigenvalue weighted by molar-refractivity contribution is 7.47. The third kappa shape index (κ3) is 39.0. The van der Waals surface area contributed by atoms with Crippen molar-refractivity contribution in [1.29, 1.82) is 0 Å². The zero-order chi connectivity index (χ0) is 38.9. The van der Waals surface area contributed by atoms with Crippen LogP contribution in [0.3, 0.4) is 0 Å². The number of carbonyl (C=O) groups excluding carboxylic acids is 2. The van der Waals surface area contributed by atoms with Crippen LogP contribution in [-0.2, 0) is 32.7 Å². The molecule has 3 N–H and O–H groups in total. The molecule has 0 radical (unpaired) electrons. The van der Waals surface area contributed by atoms with E-state index in [9.17, 15) is 19.0 Å². The Balaban J connectivity index is 4.32. The summed E-state index contributed by atoms with van der Waals surface area (Å²) in [5.41, 5.74) is 5.33.